The average Bonchev–Trinajstić information content (AvgIpc) is 2.28. The van der Waals surface area contributed by atoms with E-state index in [-0.39, 0.29) is 11.6 Å². The molecule has 0 saturated heterocycles. The predicted octanol–water partition coefficient (Wildman–Crippen LogP) is 0.706. The highest BCUT2D eigenvalue weighted by Crippen LogP contribution is 2.21. The van der Waals surface area contributed by atoms with Gasteiger partial charge in [0.15, 0.2) is 0 Å². The first-order valence-corrected chi connectivity index (χ1v) is 6.17. The van der Waals surface area contributed by atoms with Crippen molar-refractivity contribution in [3.63, 3.8) is 0 Å². The Kier molecular flexibility index (Phi) is 3.82. The molecule has 1 aliphatic rings. The van der Waals surface area contributed by atoms with Crippen molar-refractivity contribution in [1.82, 2.24) is 15.1 Å². The first-order valence-electron chi connectivity index (χ1n) is 6.17. The van der Waals surface area contributed by atoms with Crippen LogP contribution in [0.2, 0.25) is 0 Å². The highest BCUT2D eigenvalue weighted by molar-refractivity contribution is 5.77. The number of carbonyl (C=O) groups excluding carboxylic acids is 1. The summed E-state index contributed by atoms with van der Waals surface area (Å²) < 4.78 is 37.5. The van der Waals surface area contributed by atoms with Gasteiger partial charge in [-0.05, 0) is 24.8 Å². The quantitative estimate of drug-likeness (QED) is 0.872. The van der Waals surface area contributed by atoms with Gasteiger partial charge < -0.3 is 5.32 Å². The monoisotopic (exact) mass is 289 g/mol. The van der Waals surface area contributed by atoms with Gasteiger partial charge in [-0.1, -0.05) is 0 Å². The molecule has 1 N–H and O–H groups in total. The van der Waals surface area contributed by atoms with Crippen molar-refractivity contribution in [2.75, 3.05) is 0 Å². The van der Waals surface area contributed by atoms with Crippen molar-refractivity contribution < 1.29 is 18.0 Å². The van der Waals surface area contributed by atoms with E-state index in [2.05, 4.69) is 10.4 Å². The molecule has 0 fully saturated rings. The van der Waals surface area contributed by atoms with Crippen LogP contribution >= 0.6 is 0 Å². The van der Waals surface area contributed by atoms with E-state index < -0.39 is 18.5 Å². The van der Waals surface area contributed by atoms with Crippen molar-refractivity contribution in [3.05, 3.63) is 27.7 Å². The molecule has 1 aromatic heterocycles. The molecule has 0 radical (unpaired) electrons. The van der Waals surface area contributed by atoms with Crippen molar-refractivity contribution in [1.29, 1.82) is 0 Å². The summed E-state index contributed by atoms with van der Waals surface area (Å²) >= 11 is 0. The molecule has 0 saturated carbocycles. The smallest absolute Gasteiger partial charge is 0.353 e. The van der Waals surface area contributed by atoms with Gasteiger partial charge in [0.1, 0.15) is 6.42 Å². The topological polar surface area (TPSA) is 64.0 Å². The molecule has 20 heavy (non-hydrogen) atoms. The van der Waals surface area contributed by atoms with E-state index in [1.165, 1.54) is 10.7 Å². The van der Waals surface area contributed by atoms with Gasteiger partial charge in [0.25, 0.3) is 5.56 Å². The summed E-state index contributed by atoms with van der Waals surface area (Å²) in [5, 5.41) is 6.45. The number of nitrogens with one attached hydrogen (secondary N) is 1. The highest BCUT2D eigenvalue weighted by Gasteiger charge is 2.32. The largest absolute Gasteiger partial charge is 0.397 e. The summed E-state index contributed by atoms with van der Waals surface area (Å²) in [6.45, 7) is 0. The lowest BCUT2D eigenvalue weighted by Crippen LogP contribution is -2.41. The molecule has 1 aromatic rings. The second-order valence-corrected chi connectivity index (χ2v) is 4.88. The fraction of sp³-hybridized carbons (Fsp3) is 0.583. The summed E-state index contributed by atoms with van der Waals surface area (Å²) in [7, 11) is 1.54. The number of rotatable bonds is 2. The van der Waals surface area contributed by atoms with Crippen LogP contribution in [-0.2, 0) is 24.7 Å². The molecule has 1 amide bonds. The number of carbonyl (C=O) groups is 1. The lowest BCUT2D eigenvalue weighted by molar-refractivity contribution is -0.154. The minimum atomic E-state index is -4.51. The third-order valence-corrected chi connectivity index (χ3v) is 3.18. The summed E-state index contributed by atoms with van der Waals surface area (Å²) in [6.07, 6.45) is -4.61. The minimum absolute atomic E-state index is 0.272. The summed E-state index contributed by atoms with van der Waals surface area (Å²) in [5.74, 6) is -1.04. The first kappa shape index (κ1) is 14.5. The van der Waals surface area contributed by atoms with Crippen LogP contribution in [0.1, 0.15) is 24.1 Å². The predicted molar refractivity (Wildman–Crippen MR) is 64.1 cm³/mol. The fourth-order valence-corrected chi connectivity index (χ4v) is 2.27. The van der Waals surface area contributed by atoms with Crippen molar-refractivity contribution in [3.8, 4) is 0 Å². The average molecular weight is 289 g/mol. The number of aryl methyl sites for hydroxylation is 2. The molecule has 110 valence electrons. The van der Waals surface area contributed by atoms with E-state index in [1.807, 2.05) is 0 Å². The van der Waals surface area contributed by atoms with Gasteiger partial charge >= 0.3 is 6.18 Å². The Labute approximate surface area is 112 Å². The third-order valence-electron chi connectivity index (χ3n) is 3.18. The van der Waals surface area contributed by atoms with Crippen LogP contribution in [0.3, 0.4) is 0 Å². The van der Waals surface area contributed by atoms with Crippen molar-refractivity contribution in [2.45, 2.75) is 37.9 Å². The number of hydrogen-bond acceptors (Lipinski definition) is 3. The molecule has 1 aliphatic carbocycles. The maximum Gasteiger partial charge on any atom is 0.397 e. The summed E-state index contributed by atoms with van der Waals surface area (Å²) in [6, 6.07) is 1.04. The number of amides is 1. The molecule has 0 aliphatic heterocycles. The van der Waals surface area contributed by atoms with Crippen LogP contribution in [0.5, 0.6) is 0 Å². The van der Waals surface area contributed by atoms with Crippen LogP contribution in [0.15, 0.2) is 10.9 Å². The van der Waals surface area contributed by atoms with Gasteiger partial charge in [0.05, 0.1) is 5.69 Å². The molecule has 0 aromatic carbocycles. The number of fused-ring (bicyclic) bond motifs is 1. The number of hydrogen-bond donors (Lipinski definition) is 1. The van der Waals surface area contributed by atoms with Crippen molar-refractivity contribution >= 4 is 5.91 Å². The van der Waals surface area contributed by atoms with E-state index in [1.54, 1.807) is 7.05 Å². The first-order chi connectivity index (χ1) is 9.24. The highest BCUT2D eigenvalue weighted by atomic mass is 19.4. The Hall–Kier alpha value is -1.86. The fourth-order valence-electron chi connectivity index (χ4n) is 2.27. The van der Waals surface area contributed by atoms with Crippen LogP contribution in [0.4, 0.5) is 13.2 Å². The van der Waals surface area contributed by atoms with E-state index in [4.69, 9.17) is 0 Å². The minimum Gasteiger partial charge on any atom is -0.353 e. The van der Waals surface area contributed by atoms with E-state index >= 15 is 0 Å². The number of halogens is 3. The standard InChI is InChI=1S/C12H14F3N3O2/c1-18-11(20)5-7-4-8(2-3-9(7)17-18)16-10(19)6-12(13,14)15/h5,8H,2-4,6H2,1H3,(H,16,19). The van der Waals surface area contributed by atoms with E-state index in [0.29, 0.717) is 24.8 Å². The Balaban J connectivity index is 2.03. The molecular formula is C12H14F3N3O2. The Morgan fingerprint density at radius 3 is 2.90 bits per heavy atom. The van der Waals surface area contributed by atoms with Gasteiger partial charge in [-0.2, -0.15) is 18.3 Å². The molecule has 2 rings (SSSR count). The second kappa shape index (κ2) is 5.26. The lowest BCUT2D eigenvalue weighted by Gasteiger charge is -2.25. The van der Waals surface area contributed by atoms with Gasteiger partial charge in [0.2, 0.25) is 5.91 Å². The lowest BCUT2D eigenvalue weighted by atomic mass is 9.92. The zero-order valence-electron chi connectivity index (χ0n) is 10.8. The normalized spacial score (nSPS) is 18.5. The van der Waals surface area contributed by atoms with Crippen molar-refractivity contribution in [2.24, 2.45) is 7.05 Å². The Morgan fingerprint density at radius 2 is 2.25 bits per heavy atom. The molecule has 8 heteroatoms. The molecular weight excluding hydrogens is 275 g/mol. The Morgan fingerprint density at radius 1 is 1.55 bits per heavy atom. The summed E-state index contributed by atoms with van der Waals surface area (Å²) in [5.41, 5.74) is 1.18. The van der Waals surface area contributed by atoms with Gasteiger partial charge in [-0.25, -0.2) is 4.68 Å². The van der Waals surface area contributed by atoms with Crippen LogP contribution in [-0.4, -0.2) is 27.9 Å². The van der Waals surface area contributed by atoms with Gasteiger partial charge in [-0.15, -0.1) is 0 Å². The SMILES string of the molecule is Cn1nc2c(cc1=O)CC(NC(=O)CC(F)(F)F)CC2. The van der Waals surface area contributed by atoms with E-state index in [9.17, 15) is 22.8 Å². The van der Waals surface area contributed by atoms with E-state index in [0.717, 1.165) is 5.69 Å². The molecule has 5 nitrogen and oxygen atoms in total. The second-order valence-electron chi connectivity index (χ2n) is 4.88. The van der Waals surface area contributed by atoms with Gasteiger partial charge in [-0.3, -0.25) is 9.59 Å². The molecule has 1 heterocycles. The number of nitrogens with zero attached hydrogens (tertiary/aromatic N) is 2. The molecule has 1 unspecified atom stereocenters. The number of aromatic nitrogens is 2. The maximum absolute atomic E-state index is 12.1. The summed E-state index contributed by atoms with van der Waals surface area (Å²) in [4.78, 5) is 22.7. The zero-order chi connectivity index (χ0) is 14.9. The van der Waals surface area contributed by atoms with Crippen LogP contribution < -0.4 is 10.9 Å². The molecule has 0 bridgehead atoms. The Bertz CT molecular complexity index is 580. The maximum atomic E-state index is 12.1. The molecule has 1 atom stereocenters. The zero-order valence-corrected chi connectivity index (χ0v) is 10.8. The number of alkyl halides is 3. The van der Waals surface area contributed by atoms with Crippen LogP contribution in [0, 0.1) is 0 Å². The van der Waals surface area contributed by atoms with Gasteiger partial charge in [0, 0.05) is 19.2 Å². The third kappa shape index (κ3) is 3.58. The van der Waals surface area contributed by atoms with Crippen LogP contribution in [0.25, 0.3) is 0 Å². The molecule has 0 spiro atoms.